The van der Waals surface area contributed by atoms with Crippen LogP contribution < -0.4 is 16.4 Å². The number of hydrogen-bond donors (Lipinski definition) is 4. The van der Waals surface area contributed by atoms with E-state index in [4.69, 9.17) is 5.73 Å². The van der Waals surface area contributed by atoms with Crippen LogP contribution in [0.4, 0.5) is 17.2 Å². The van der Waals surface area contributed by atoms with Crippen molar-refractivity contribution in [2.75, 3.05) is 11.1 Å². The number of hydrogen-bond acceptors (Lipinski definition) is 7. The molecule has 1 aliphatic carbocycles. The van der Waals surface area contributed by atoms with Gasteiger partial charge < -0.3 is 16.4 Å². The van der Waals surface area contributed by atoms with Gasteiger partial charge in [-0.25, -0.2) is 9.97 Å². The summed E-state index contributed by atoms with van der Waals surface area (Å²) in [5.41, 5.74) is 8.86. The molecule has 0 saturated heterocycles. The predicted molar refractivity (Wildman–Crippen MR) is 120 cm³/mol. The average molecular weight is 416 g/mol. The molecule has 0 bridgehead atoms. The van der Waals surface area contributed by atoms with Gasteiger partial charge in [-0.1, -0.05) is 0 Å². The van der Waals surface area contributed by atoms with E-state index in [1.807, 2.05) is 32.0 Å². The van der Waals surface area contributed by atoms with Crippen molar-refractivity contribution in [2.45, 2.75) is 50.5 Å². The summed E-state index contributed by atoms with van der Waals surface area (Å²) < 4.78 is 0. The minimum atomic E-state index is 0.280. The Labute approximate surface area is 174 Å². The number of nitrogens with zero attached hydrogens (tertiary/aromatic N) is 2. The highest BCUT2D eigenvalue weighted by Crippen LogP contribution is 2.39. The molecule has 148 valence electrons. The number of benzene rings is 1. The Morgan fingerprint density at radius 2 is 2.04 bits per heavy atom. The lowest BCUT2D eigenvalue weighted by molar-refractivity contribution is -0.109. The van der Waals surface area contributed by atoms with Crippen LogP contribution in [0.2, 0.25) is 0 Å². The molecule has 6 nitrogen and oxygen atoms in total. The molecule has 0 saturated carbocycles. The van der Waals surface area contributed by atoms with Gasteiger partial charge in [-0.05, 0) is 63.3 Å². The van der Waals surface area contributed by atoms with E-state index < -0.39 is 0 Å². The minimum absolute atomic E-state index is 0.280. The van der Waals surface area contributed by atoms with Gasteiger partial charge in [-0.3, -0.25) is 4.79 Å². The van der Waals surface area contributed by atoms with E-state index in [1.54, 1.807) is 17.7 Å². The molecule has 1 amide bonds. The first-order valence-corrected chi connectivity index (χ1v) is 10.6. The smallest absolute Gasteiger partial charge is 0.207 e. The first-order valence-electron chi connectivity index (χ1n) is 9.30. The Bertz CT molecular complexity index is 971. The van der Waals surface area contributed by atoms with Crippen LogP contribution in [0.15, 0.2) is 29.4 Å². The molecule has 2 heterocycles. The molecule has 0 atom stereocenters. The molecule has 0 aliphatic heterocycles. The second kappa shape index (κ2) is 9.25. The number of aromatic nitrogens is 2. The third-order valence-electron chi connectivity index (χ3n) is 4.45. The summed E-state index contributed by atoms with van der Waals surface area (Å²) in [6.45, 7) is 3.82. The Morgan fingerprint density at radius 3 is 2.71 bits per heavy atom. The Balaban J connectivity index is 0.000000330. The molecular weight excluding hydrogens is 390 g/mol. The molecule has 3 aromatic rings. The highest BCUT2D eigenvalue weighted by Gasteiger charge is 2.19. The SMILES string of the molecule is CC(C)NC=O.Nc1ccc(Nc2ncnc3sc4c(c23)CCCC4)cc1S. The lowest BCUT2D eigenvalue weighted by Gasteiger charge is -2.13. The molecule has 4 N–H and O–H groups in total. The lowest BCUT2D eigenvalue weighted by Crippen LogP contribution is -2.19. The van der Waals surface area contributed by atoms with E-state index in [0.29, 0.717) is 12.1 Å². The van der Waals surface area contributed by atoms with E-state index in [9.17, 15) is 4.79 Å². The second-order valence-corrected chi connectivity index (χ2v) is 8.52. The number of nitrogen functional groups attached to an aromatic ring is 1. The highest BCUT2D eigenvalue weighted by molar-refractivity contribution is 7.80. The van der Waals surface area contributed by atoms with Crippen LogP contribution in [0.25, 0.3) is 10.2 Å². The minimum Gasteiger partial charge on any atom is -0.398 e. The number of thiol groups is 1. The van der Waals surface area contributed by atoms with Crippen molar-refractivity contribution in [1.29, 1.82) is 0 Å². The number of amides is 1. The van der Waals surface area contributed by atoms with Gasteiger partial charge in [-0.2, -0.15) is 0 Å². The fraction of sp³-hybridized carbons (Fsp3) is 0.350. The second-order valence-electron chi connectivity index (χ2n) is 6.95. The Morgan fingerprint density at radius 1 is 1.25 bits per heavy atom. The van der Waals surface area contributed by atoms with Gasteiger partial charge in [-0.15, -0.1) is 24.0 Å². The van der Waals surface area contributed by atoms with Crippen molar-refractivity contribution in [1.82, 2.24) is 15.3 Å². The number of thiophene rings is 1. The standard InChI is InChI=1S/C16H16N4S2.C4H9NO/c17-11-6-5-9(7-12(11)21)20-15-14-10-3-1-2-4-13(10)22-16(14)19-8-18-15;1-4(2)5-3-6/h5-8,21H,1-4,17H2,(H,18,19,20);3-4H,1-2H3,(H,5,6). The number of nitrogens with one attached hydrogen (secondary N) is 2. The molecule has 0 spiro atoms. The van der Waals surface area contributed by atoms with Crippen molar-refractivity contribution in [2.24, 2.45) is 0 Å². The normalized spacial score (nSPS) is 12.9. The molecule has 2 aromatic heterocycles. The number of carbonyl (C=O) groups is 1. The predicted octanol–water partition coefficient (Wildman–Crippen LogP) is 4.33. The summed E-state index contributed by atoms with van der Waals surface area (Å²) in [5, 5.41) is 7.11. The zero-order valence-electron chi connectivity index (χ0n) is 16.0. The van der Waals surface area contributed by atoms with Gasteiger partial charge in [0.2, 0.25) is 6.41 Å². The molecule has 1 aromatic carbocycles. The van der Waals surface area contributed by atoms with Gasteiger partial charge in [0, 0.05) is 27.2 Å². The Kier molecular flexibility index (Phi) is 6.74. The quantitative estimate of drug-likeness (QED) is 0.289. The van der Waals surface area contributed by atoms with Gasteiger partial charge in [0.1, 0.15) is 17.0 Å². The van der Waals surface area contributed by atoms with Gasteiger partial charge in [0.05, 0.1) is 5.39 Å². The summed E-state index contributed by atoms with van der Waals surface area (Å²) in [7, 11) is 0. The molecule has 4 rings (SSSR count). The fourth-order valence-electron chi connectivity index (χ4n) is 3.08. The summed E-state index contributed by atoms with van der Waals surface area (Å²) >= 11 is 6.18. The van der Waals surface area contributed by atoms with E-state index in [-0.39, 0.29) is 6.04 Å². The molecule has 28 heavy (non-hydrogen) atoms. The van der Waals surface area contributed by atoms with E-state index in [2.05, 4.69) is 33.2 Å². The van der Waals surface area contributed by atoms with Crippen LogP contribution in [-0.2, 0) is 17.6 Å². The number of carbonyl (C=O) groups excluding carboxylic acids is 1. The van der Waals surface area contributed by atoms with E-state index >= 15 is 0 Å². The summed E-state index contributed by atoms with van der Waals surface area (Å²) in [6, 6.07) is 6.00. The first-order chi connectivity index (χ1) is 13.5. The summed E-state index contributed by atoms with van der Waals surface area (Å²) in [5.74, 6) is 0.877. The van der Waals surface area contributed by atoms with Gasteiger partial charge >= 0.3 is 0 Å². The number of aryl methyl sites for hydroxylation is 2. The maximum atomic E-state index is 9.50. The van der Waals surface area contributed by atoms with Crippen LogP contribution in [0.5, 0.6) is 0 Å². The molecule has 0 unspecified atom stereocenters. The molecule has 8 heteroatoms. The van der Waals surface area contributed by atoms with Crippen molar-refractivity contribution >= 4 is 57.8 Å². The largest absolute Gasteiger partial charge is 0.398 e. The molecule has 1 aliphatic rings. The third kappa shape index (κ3) is 4.74. The Hall–Kier alpha value is -2.32. The lowest BCUT2D eigenvalue weighted by atomic mass is 9.97. The highest BCUT2D eigenvalue weighted by atomic mass is 32.1. The summed E-state index contributed by atoms with van der Waals surface area (Å²) in [6.07, 6.45) is 7.14. The number of nitrogens with two attached hydrogens (primary N) is 1. The van der Waals surface area contributed by atoms with E-state index in [0.717, 1.165) is 27.7 Å². The van der Waals surface area contributed by atoms with Crippen LogP contribution in [0.3, 0.4) is 0 Å². The van der Waals surface area contributed by atoms with Crippen LogP contribution in [0, 0.1) is 0 Å². The molecule has 0 fully saturated rings. The monoisotopic (exact) mass is 415 g/mol. The van der Waals surface area contributed by atoms with E-state index in [1.165, 1.54) is 35.1 Å². The maximum Gasteiger partial charge on any atom is 0.207 e. The third-order valence-corrected chi connectivity index (χ3v) is 6.03. The zero-order valence-corrected chi connectivity index (χ0v) is 17.7. The molecule has 0 radical (unpaired) electrons. The average Bonchev–Trinajstić information content (AvgIpc) is 3.05. The van der Waals surface area contributed by atoms with Crippen LogP contribution >= 0.6 is 24.0 Å². The number of anilines is 3. The number of rotatable bonds is 4. The maximum absolute atomic E-state index is 9.50. The van der Waals surface area contributed by atoms with Gasteiger partial charge in [0.25, 0.3) is 0 Å². The van der Waals surface area contributed by atoms with Gasteiger partial charge in [0.15, 0.2) is 0 Å². The van der Waals surface area contributed by atoms with Crippen molar-refractivity contribution < 1.29 is 4.79 Å². The molecular formula is C20H25N5OS2. The fourth-order valence-corrected chi connectivity index (χ4v) is 4.52. The van der Waals surface area contributed by atoms with Crippen LogP contribution in [-0.4, -0.2) is 22.4 Å². The topological polar surface area (TPSA) is 92.9 Å². The number of fused-ring (bicyclic) bond motifs is 3. The van der Waals surface area contributed by atoms with Crippen molar-refractivity contribution in [3.63, 3.8) is 0 Å². The first kappa shape index (κ1) is 20.4. The van der Waals surface area contributed by atoms with Crippen molar-refractivity contribution in [3.8, 4) is 0 Å². The van der Waals surface area contributed by atoms with Crippen LogP contribution in [0.1, 0.15) is 37.1 Å². The summed E-state index contributed by atoms with van der Waals surface area (Å²) in [4.78, 5) is 21.7. The van der Waals surface area contributed by atoms with Crippen molar-refractivity contribution in [3.05, 3.63) is 35.0 Å². The zero-order chi connectivity index (χ0) is 20.1.